The molecular formula is C9H7ClN3O2-. The van der Waals surface area contributed by atoms with Crippen LogP contribution in [0.25, 0.3) is 0 Å². The van der Waals surface area contributed by atoms with Crippen molar-refractivity contribution < 1.29 is 9.90 Å². The van der Waals surface area contributed by atoms with E-state index in [1.807, 2.05) is 6.07 Å². The Labute approximate surface area is 91.3 Å². The third kappa shape index (κ3) is 2.64. The van der Waals surface area contributed by atoms with Crippen LogP contribution in [0.1, 0.15) is 19.0 Å². The van der Waals surface area contributed by atoms with Crippen LogP contribution in [0.4, 0.5) is 0 Å². The van der Waals surface area contributed by atoms with Gasteiger partial charge in [-0.05, 0) is 6.92 Å². The number of carboxylic acids is 1. The standard InChI is InChI=1S/C9H8ClN3O2/c1-9(5-11,2-8(14)15)6-3-12-4-7(10)13-6/h3-4H,2H2,1H3,(H,14,15)/p-1. The van der Waals surface area contributed by atoms with Crippen LogP contribution in [0, 0.1) is 11.3 Å². The summed E-state index contributed by atoms with van der Waals surface area (Å²) in [5, 5.41) is 19.5. The molecule has 1 aromatic rings. The van der Waals surface area contributed by atoms with Crippen LogP contribution in [-0.4, -0.2) is 15.9 Å². The van der Waals surface area contributed by atoms with Crippen LogP contribution in [0.15, 0.2) is 12.4 Å². The highest BCUT2D eigenvalue weighted by atomic mass is 35.5. The molecule has 1 heterocycles. The van der Waals surface area contributed by atoms with Crippen molar-refractivity contribution in [2.75, 3.05) is 0 Å². The predicted molar refractivity (Wildman–Crippen MR) is 49.6 cm³/mol. The van der Waals surface area contributed by atoms with Crippen LogP contribution in [0.5, 0.6) is 0 Å². The summed E-state index contributed by atoms with van der Waals surface area (Å²) >= 11 is 5.60. The molecule has 15 heavy (non-hydrogen) atoms. The third-order valence-electron chi connectivity index (χ3n) is 1.92. The lowest BCUT2D eigenvalue weighted by molar-refractivity contribution is -0.306. The number of aliphatic carboxylic acids is 1. The summed E-state index contributed by atoms with van der Waals surface area (Å²) in [6.45, 7) is 1.45. The summed E-state index contributed by atoms with van der Waals surface area (Å²) in [6, 6.07) is 1.87. The summed E-state index contributed by atoms with van der Waals surface area (Å²) in [4.78, 5) is 18.1. The average Bonchev–Trinajstić information content (AvgIpc) is 2.16. The highest BCUT2D eigenvalue weighted by Crippen LogP contribution is 2.24. The lowest BCUT2D eigenvalue weighted by Crippen LogP contribution is -2.33. The second-order valence-corrected chi connectivity index (χ2v) is 3.61. The molecule has 0 N–H and O–H groups in total. The van der Waals surface area contributed by atoms with E-state index in [9.17, 15) is 9.90 Å². The molecule has 0 aliphatic heterocycles. The Bertz CT molecular complexity index is 430. The number of carboxylic acid groups (broad SMARTS) is 1. The van der Waals surface area contributed by atoms with Gasteiger partial charge in [0, 0.05) is 12.4 Å². The minimum atomic E-state index is -1.32. The number of rotatable bonds is 3. The second kappa shape index (κ2) is 4.24. The van der Waals surface area contributed by atoms with Crippen LogP contribution in [0.3, 0.4) is 0 Å². The van der Waals surface area contributed by atoms with Gasteiger partial charge in [-0.1, -0.05) is 11.6 Å². The molecule has 6 heteroatoms. The fraction of sp³-hybridized carbons (Fsp3) is 0.333. The maximum Gasteiger partial charge on any atom is 0.147 e. The van der Waals surface area contributed by atoms with Crippen molar-refractivity contribution in [2.45, 2.75) is 18.8 Å². The quantitative estimate of drug-likeness (QED) is 0.724. The van der Waals surface area contributed by atoms with Gasteiger partial charge in [-0.25, -0.2) is 4.98 Å². The topological polar surface area (TPSA) is 89.7 Å². The number of hydrogen-bond acceptors (Lipinski definition) is 5. The number of nitrogens with zero attached hydrogens (tertiary/aromatic N) is 3. The number of aromatic nitrogens is 2. The Hall–Kier alpha value is -1.67. The Morgan fingerprint density at radius 1 is 1.73 bits per heavy atom. The van der Waals surface area contributed by atoms with Gasteiger partial charge >= 0.3 is 0 Å². The number of hydrogen-bond donors (Lipinski definition) is 0. The largest absolute Gasteiger partial charge is 0.550 e. The van der Waals surface area contributed by atoms with E-state index in [2.05, 4.69) is 9.97 Å². The molecular weight excluding hydrogens is 218 g/mol. The van der Waals surface area contributed by atoms with E-state index in [4.69, 9.17) is 16.9 Å². The van der Waals surface area contributed by atoms with E-state index >= 15 is 0 Å². The Morgan fingerprint density at radius 3 is 2.87 bits per heavy atom. The molecule has 5 nitrogen and oxygen atoms in total. The van der Waals surface area contributed by atoms with Crippen molar-refractivity contribution in [3.63, 3.8) is 0 Å². The van der Waals surface area contributed by atoms with Crippen LogP contribution >= 0.6 is 11.6 Å². The summed E-state index contributed by atoms with van der Waals surface area (Å²) < 4.78 is 0. The van der Waals surface area contributed by atoms with E-state index in [1.165, 1.54) is 19.3 Å². The molecule has 0 amide bonds. The zero-order chi connectivity index (χ0) is 11.5. The van der Waals surface area contributed by atoms with Gasteiger partial charge in [-0.2, -0.15) is 5.26 Å². The Balaban J connectivity index is 3.12. The van der Waals surface area contributed by atoms with Gasteiger partial charge in [0.2, 0.25) is 0 Å². The first-order chi connectivity index (χ1) is 6.98. The molecule has 0 saturated carbocycles. The fourth-order valence-electron chi connectivity index (χ4n) is 1.08. The van der Waals surface area contributed by atoms with Gasteiger partial charge in [-0.15, -0.1) is 0 Å². The third-order valence-corrected chi connectivity index (χ3v) is 2.10. The molecule has 0 saturated heterocycles. The second-order valence-electron chi connectivity index (χ2n) is 3.22. The smallest absolute Gasteiger partial charge is 0.147 e. The molecule has 0 aromatic carbocycles. The molecule has 1 unspecified atom stereocenters. The van der Waals surface area contributed by atoms with Crippen molar-refractivity contribution in [1.82, 2.24) is 9.97 Å². The number of halogens is 1. The molecule has 0 spiro atoms. The molecule has 0 aliphatic rings. The lowest BCUT2D eigenvalue weighted by atomic mass is 9.85. The van der Waals surface area contributed by atoms with E-state index in [-0.39, 0.29) is 10.8 Å². The first kappa shape index (κ1) is 11.4. The molecule has 0 fully saturated rings. The van der Waals surface area contributed by atoms with Crippen molar-refractivity contribution in [3.8, 4) is 6.07 Å². The van der Waals surface area contributed by atoms with E-state index in [0.717, 1.165) is 0 Å². The predicted octanol–water partition coefficient (Wildman–Crippen LogP) is 0.0513. The van der Waals surface area contributed by atoms with Crippen molar-refractivity contribution in [2.24, 2.45) is 0 Å². The van der Waals surface area contributed by atoms with E-state index < -0.39 is 17.8 Å². The molecule has 0 radical (unpaired) electrons. The van der Waals surface area contributed by atoms with Gasteiger partial charge < -0.3 is 9.90 Å². The monoisotopic (exact) mass is 224 g/mol. The lowest BCUT2D eigenvalue weighted by Gasteiger charge is -2.20. The van der Waals surface area contributed by atoms with Gasteiger partial charge in [0.15, 0.2) is 0 Å². The summed E-state index contributed by atoms with van der Waals surface area (Å²) in [5.41, 5.74) is -1.04. The summed E-state index contributed by atoms with van der Waals surface area (Å²) in [5.74, 6) is -1.32. The van der Waals surface area contributed by atoms with Crippen molar-refractivity contribution in [3.05, 3.63) is 23.2 Å². The Morgan fingerprint density at radius 2 is 2.40 bits per heavy atom. The molecule has 78 valence electrons. The van der Waals surface area contributed by atoms with Gasteiger partial charge in [-0.3, -0.25) is 4.98 Å². The van der Waals surface area contributed by atoms with Gasteiger partial charge in [0.25, 0.3) is 0 Å². The van der Waals surface area contributed by atoms with E-state index in [0.29, 0.717) is 0 Å². The zero-order valence-corrected chi connectivity index (χ0v) is 8.65. The molecule has 0 aliphatic carbocycles. The normalized spacial score (nSPS) is 13.9. The van der Waals surface area contributed by atoms with Gasteiger partial charge in [0.1, 0.15) is 10.6 Å². The van der Waals surface area contributed by atoms with Crippen LogP contribution < -0.4 is 5.11 Å². The Kier molecular flexibility index (Phi) is 3.22. The molecule has 1 aromatic heterocycles. The summed E-state index contributed by atoms with van der Waals surface area (Å²) in [6.07, 6.45) is 2.18. The highest BCUT2D eigenvalue weighted by Gasteiger charge is 2.29. The maximum atomic E-state index is 10.5. The first-order valence-corrected chi connectivity index (χ1v) is 4.45. The van der Waals surface area contributed by atoms with Crippen molar-refractivity contribution in [1.29, 1.82) is 5.26 Å². The summed E-state index contributed by atoms with van der Waals surface area (Å²) in [7, 11) is 0. The zero-order valence-electron chi connectivity index (χ0n) is 7.90. The van der Waals surface area contributed by atoms with Crippen molar-refractivity contribution >= 4 is 17.6 Å². The SMILES string of the molecule is CC(C#N)(CC(=O)[O-])c1cncc(Cl)n1. The first-order valence-electron chi connectivity index (χ1n) is 4.07. The fourth-order valence-corrected chi connectivity index (χ4v) is 1.23. The molecule has 1 atom stereocenters. The average molecular weight is 225 g/mol. The maximum absolute atomic E-state index is 10.5. The molecule has 1 rings (SSSR count). The molecule has 0 bridgehead atoms. The van der Waals surface area contributed by atoms with Gasteiger partial charge in [0.05, 0.1) is 24.2 Å². The van der Waals surface area contributed by atoms with E-state index in [1.54, 1.807) is 0 Å². The van der Waals surface area contributed by atoms with Crippen LogP contribution in [0.2, 0.25) is 5.15 Å². The number of nitriles is 1. The van der Waals surface area contributed by atoms with Crippen LogP contribution in [-0.2, 0) is 10.2 Å². The highest BCUT2D eigenvalue weighted by molar-refractivity contribution is 6.29. The number of carbonyl (C=O) groups excluding carboxylic acids is 1. The minimum Gasteiger partial charge on any atom is -0.550 e. The minimum absolute atomic E-state index is 0.118. The number of carbonyl (C=O) groups is 1.